The number of carbonyl (C=O) groups is 1. The van der Waals surface area contributed by atoms with Crippen LogP contribution in [0.15, 0.2) is 47.6 Å². The summed E-state index contributed by atoms with van der Waals surface area (Å²) in [4.78, 5) is 23.4. The van der Waals surface area contributed by atoms with Crippen LogP contribution in [0.1, 0.15) is 31.7 Å². The number of oxime groups is 1. The van der Waals surface area contributed by atoms with E-state index in [1.165, 1.54) is 12.1 Å². The second-order valence-corrected chi connectivity index (χ2v) is 9.42. The number of para-hydroxylation sites is 2. The zero-order valence-corrected chi connectivity index (χ0v) is 19.7. The highest BCUT2D eigenvalue weighted by atomic mass is 19.1. The number of halogens is 1. The Balaban J connectivity index is 1.13. The number of ether oxygens (including phenoxy) is 1. The molecule has 3 aliphatic heterocycles. The van der Waals surface area contributed by atoms with E-state index in [4.69, 9.17) is 9.57 Å². The molecule has 0 aliphatic carbocycles. The molecule has 8 heteroatoms. The molecule has 0 bridgehead atoms. The average molecular weight is 467 g/mol. The largest absolute Gasteiger partial charge is 0.489 e. The van der Waals surface area contributed by atoms with Crippen LogP contribution in [0.2, 0.25) is 0 Å². The summed E-state index contributed by atoms with van der Waals surface area (Å²) in [6.45, 7) is 8.87. The van der Waals surface area contributed by atoms with Gasteiger partial charge in [-0.05, 0) is 49.7 Å². The summed E-state index contributed by atoms with van der Waals surface area (Å²) in [5.74, 6) is 0.0964. The number of carbonyl (C=O) groups excluding carboxylic acids is 1. The van der Waals surface area contributed by atoms with Gasteiger partial charge >= 0.3 is 0 Å². The van der Waals surface area contributed by atoms with Crippen LogP contribution < -0.4 is 15.0 Å². The molecule has 0 spiro atoms. The summed E-state index contributed by atoms with van der Waals surface area (Å²) in [6, 6.07) is 12.7. The van der Waals surface area contributed by atoms with Gasteiger partial charge in [-0.1, -0.05) is 17.3 Å². The maximum Gasteiger partial charge on any atom is 0.189 e. The Bertz CT molecular complexity index is 1080. The first kappa shape index (κ1) is 22.7. The van der Waals surface area contributed by atoms with Gasteiger partial charge in [0.15, 0.2) is 5.78 Å². The second kappa shape index (κ2) is 9.62. The molecule has 2 aromatic rings. The van der Waals surface area contributed by atoms with E-state index in [1.807, 2.05) is 32.0 Å². The van der Waals surface area contributed by atoms with Crippen LogP contribution in [0.5, 0.6) is 5.75 Å². The summed E-state index contributed by atoms with van der Waals surface area (Å²) in [6.07, 6.45) is 0.486. The van der Waals surface area contributed by atoms with Gasteiger partial charge in [-0.2, -0.15) is 0 Å². The summed E-state index contributed by atoms with van der Waals surface area (Å²) >= 11 is 0. The van der Waals surface area contributed by atoms with Crippen molar-refractivity contribution in [2.24, 2.45) is 5.16 Å². The van der Waals surface area contributed by atoms with E-state index in [1.54, 1.807) is 6.07 Å². The van der Waals surface area contributed by atoms with Gasteiger partial charge in [0.2, 0.25) is 0 Å². The minimum absolute atomic E-state index is 0.0778. The SMILES string of the molecule is CC(C)Oc1ccccc1N1CCN(CC2CC(C(=O)C3CNc4ccc(F)cc43)=NO2)CC1. The molecule has 0 amide bonds. The van der Waals surface area contributed by atoms with E-state index in [0.29, 0.717) is 24.2 Å². The lowest BCUT2D eigenvalue weighted by Gasteiger charge is -2.37. The number of rotatable bonds is 7. The van der Waals surface area contributed by atoms with Gasteiger partial charge in [0.05, 0.1) is 17.7 Å². The third-order valence-electron chi connectivity index (χ3n) is 6.62. The van der Waals surface area contributed by atoms with Crippen LogP contribution in [0, 0.1) is 5.82 Å². The first-order chi connectivity index (χ1) is 16.5. The topological polar surface area (TPSA) is 66.4 Å². The Kier molecular flexibility index (Phi) is 6.41. The van der Waals surface area contributed by atoms with E-state index in [-0.39, 0.29) is 23.8 Å². The van der Waals surface area contributed by atoms with E-state index in [2.05, 4.69) is 26.3 Å². The number of hydrogen-bond acceptors (Lipinski definition) is 7. The Morgan fingerprint density at radius 3 is 2.79 bits per heavy atom. The van der Waals surface area contributed by atoms with Crippen molar-refractivity contribution >= 4 is 22.9 Å². The number of ketones is 1. The minimum Gasteiger partial charge on any atom is -0.489 e. The van der Waals surface area contributed by atoms with Crippen LogP contribution in [0.3, 0.4) is 0 Å². The smallest absolute Gasteiger partial charge is 0.189 e. The highest BCUT2D eigenvalue weighted by Gasteiger charge is 2.36. The molecule has 5 rings (SSSR count). The van der Waals surface area contributed by atoms with Gasteiger partial charge in [0.1, 0.15) is 23.4 Å². The summed E-state index contributed by atoms with van der Waals surface area (Å²) in [7, 11) is 0. The first-order valence-electron chi connectivity index (χ1n) is 12.0. The van der Waals surface area contributed by atoms with Crippen LogP contribution in [-0.4, -0.2) is 67.9 Å². The van der Waals surface area contributed by atoms with Crippen LogP contribution >= 0.6 is 0 Å². The number of anilines is 2. The van der Waals surface area contributed by atoms with Gasteiger partial charge in [-0.15, -0.1) is 0 Å². The molecule has 1 fully saturated rings. The molecular formula is C26H31FN4O3. The lowest BCUT2D eigenvalue weighted by molar-refractivity contribution is -0.114. The molecule has 3 aliphatic rings. The number of benzene rings is 2. The van der Waals surface area contributed by atoms with E-state index < -0.39 is 5.92 Å². The van der Waals surface area contributed by atoms with Crippen LogP contribution in [-0.2, 0) is 9.63 Å². The van der Waals surface area contributed by atoms with Crippen molar-refractivity contribution in [2.45, 2.75) is 38.4 Å². The van der Waals surface area contributed by atoms with E-state index >= 15 is 0 Å². The average Bonchev–Trinajstić information content (AvgIpc) is 3.46. The maximum atomic E-state index is 13.7. The summed E-state index contributed by atoms with van der Waals surface area (Å²) < 4.78 is 19.7. The van der Waals surface area contributed by atoms with E-state index in [9.17, 15) is 9.18 Å². The fourth-order valence-corrected chi connectivity index (χ4v) is 4.94. The fraction of sp³-hybridized carbons (Fsp3) is 0.462. The highest BCUT2D eigenvalue weighted by molar-refractivity contribution is 6.42. The monoisotopic (exact) mass is 466 g/mol. The lowest BCUT2D eigenvalue weighted by Crippen LogP contribution is -2.48. The van der Waals surface area contributed by atoms with Crippen molar-refractivity contribution in [3.8, 4) is 5.75 Å². The van der Waals surface area contributed by atoms with Crippen molar-refractivity contribution in [3.63, 3.8) is 0 Å². The number of hydrogen-bond donors (Lipinski definition) is 1. The van der Waals surface area contributed by atoms with Crippen molar-refractivity contribution in [1.29, 1.82) is 0 Å². The zero-order valence-electron chi connectivity index (χ0n) is 19.7. The van der Waals surface area contributed by atoms with Gasteiger partial charge in [0, 0.05) is 51.4 Å². The quantitative estimate of drug-likeness (QED) is 0.672. The minimum atomic E-state index is -0.413. The summed E-state index contributed by atoms with van der Waals surface area (Å²) in [5.41, 5.74) is 3.10. The normalized spacial score (nSPS) is 22.2. The van der Waals surface area contributed by atoms with Crippen molar-refractivity contribution < 1.29 is 18.8 Å². The predicted octanol–water partition coefficient (Wildman–Crippen LogP) is 3.66. The van der Waals surface area contributed by atoms with Crippen molar-refractivity contribution in [2.75, 3.05) is 49.5 Å². The van der Waals surface area contributed by atoms with Gasteiger partial charge in [0.25, 0.3) is 0 Å². The third-order valence-corrected chi connectivity index (χ3v) is 6.62. The molecule has 0 saturated carbocycles. The number of piperazine rings is 1. The number of fused-ring (bicyclic) bond motifs is 1. The Morgan fingerprint density at radius 1 is 1.21 bits per heavy atom. The van der Waals surface area contributed by atoms with Crippen molar-refractivity contribution in [1.82, 2.24) is 4.90 Å². The van der Waals surface area contributed by atoms with Crippen molar-refractivity contribution in [3.05, 3.63) is 53.8 Å². The Labute approximate surface area is 199 Å². The summed E-state index contributed by atoms with van der Waals surface area (Å²) in [5, 5.41) is 7.30. The van der Waals surface area contributed by atoms with Crippen LogP contribution in [0.25, 0.3) is 0 Å². The first-order valence-corrected chi connectivity index (χ1v) is 12.0. The molecular weight excluding hydrogens is 435 g/mol. The lowest BCUT2D eigenvalue weighted by atomic mass is 9.92. The second-order valence-electron chi connectivity index (χ2n) is 9.42. The zero-order chi connectivity index (χ0) is 23.7. The molecule has 7 nitrogen and oxygen atoms in total. The standard InChI is InChI=1S/C26H31FN4O3/c1-17(2)33-25-6-4-3-5-24(25)31-11-9-30(10-12-31)16-19-14-23(29-34-19)26(32)21-15-28-22-8-7-18(27)13-20(21)22/h3-8,13,17,19,21,28H,9-12,14-16H2,1-2H3. The van der Waals surface area contributed by atoms with Gasteiger partial charge in [-0.25, -0.2) is 4.39 Å². The molecule has 0 aromatic heterocycles. The van der Waals surface area contributed by atoms with E-state index in [0.717, 1.165) is 49.8 Å². The molecule has 0 radical (unpaired) electrons. The van der Waals surface area contributed by atoms with Gasteiger partial charge < -0.3 is 19.8 Å². The van der Waals surface area contributed by atoms with Gasteiger partial charge in [-0.3, -0.25) is 9.69 Å². The molecule has 2 atom stereocenters. The molecule has 180 valence electrons. The molecule has 1 N–H and O–H groups in total. The molecule has 3 heterocycles. The third kappa shape index (κ3) is 4.73. The number of Topliss-reactive ketones (excluding diaryl/α,β-unsaturated/α-hetero) is 1. The van der Waals surface area contributed by atoms with Crippen LogP contribution in [0.4, 0.5) is 15.8 Å². The molecule has 2 unspecified atom stereocenters. The molecule has 1 saturated heterocycles. The number of nitrogens with zero attached hydrogens (tertiary/aromatic N) is 3. The molecule has 34 heavy (non-hydrogen) atoms. The fourth-order valence-electron chi connectivity index (χ4n) is 4.94. The highest BCUT2D eigenvalue weighted by Crippen LogP contribution is 2.34. The Morgan fingerprint density at radius 2 is 2.00 bits per heavy atom. The Hall–Kier alpha value is -3.13. The molecule has 2 aromatic carbocycles. The predicted molar refractivity (Wildman–Crippen MR) is 130 cm³/mol. The number of nitrogens with one attached hydrogen (secondary N) is 1. The maximum absolute atomic E-state index is 13.7.